The van der Waals surface area contributed by atoms with Crippen molar-refractivity contribution in [2.24, 2.45) is 0 Å². The number of nitro benzene ring substituents is 1. The van der Waals surface area contributed by atoms with Crippen LogP contribution in [0.5, 0.6) is 0 Å². The van der Waals surface area contributed by atoms with Crippen molar-refractivity contribution in [2.45, 2.75) is 11.9 Å². The van der Waals surface area contributed by atoms with Gasteiger partial charge in [-0.1, -0.05) is 11.6 Å². The molecule has 0 bridgehead atoms. The monoisotopic (exact) mass is 287 g/mol. The van der Waals surface area contributed by atoms with Gasteiger partial charge in [-0.15, -0.1) is 0 Å². The smallest absolute Gasteiger partial charge is 0.338 e. The van der Waals surface area contributed by atoms with E-state index >= 15 is 0 Å². The van der Waals surface area contributed by atoms with Crippen LogP contribution in [0.25, 0.3) is 0 Å². The highest BCUT2D eigenvalue weighted by atomic mass is 35.5. The van der Waals surface area contributed by atoms with Gasteiger partial charge in [-0.2, -0.15) is 0 Å². The van der Waals surface area contributed by atoms with E-state index in [0.717, 1.165) is 0 Å². The Morgan fingerprint density at radius 2 is 2.16 bits per heavy atom. The first kappa shape index (κ1) is 13.7. The summed E-state index contributed by atoms with van der Waals surface area (Å²) >= 11 is 5.63. The number of non-ortho nitro benzene ring substituents is 1. The number of ether oxygens (including phenoxy) is 3. The minimum absolute atomic E-state index is 0.0843. The van der Waals surface area contributed by atoms with Gasteiger partial charge in [0.15, 0.2) is 11.9 Å². The third-order valence-corrected chi connectivity index (χ3v) is 2.61. The summed E-state index contributed by atoms with van der Waals surface area (Å²) in [5.74, 6) is -0.611. The fraction of sp³-hybridized carbons (Fsp3) is 0.364. The lowest BCUT2D eigenvalue weighted by Crippen LogP contribution is -2.20. The van der Waals surface area contributed by atoms with Crippen molar-refractivity contribution in [3.05, 3.63) is 39.9 Å². The zero-order valence-electron chi connectivity index (χ0n) is 9.65. The average Bonchev–Trinajstić information content (AvgIpc) is 2.82. The van der Waals surface area contributed by atoms with Crippen LogP contribution in [0.3, 0.4) is 0 Å². The summed E-state index contributed by atoms with van der Waals surface area (Å²) in [5.41, 5.74) is -0.418. The van der Waals surface area contributed by atoms with Crippen LogP contribution >= 0.6 is 11.6 Å². The van der Waals surface area contributed by atoms with Gasteiger partial charge < -0.3 is 14.2 Å². The number of esters is 1. The van der Waals surface area contributed by atoms with Gasteiger partial charge in [0.2, 0.25) is 0 Å². The Bertz CT molecular complexity index is 477. The Hall–Kier alpha value is -1.70. The molecule has 1 aliphatic rings. The van der Waals surface area contributed by atoms with E-state index in [9.17, 15) is 14.9 Å². The topological polar surface area (TPSA) is 87.9 Å². The van der Waals surface area contributed by atoms with Crippen molar-refractivity contribution < 1.29 is 23.9 Å². The molecule has 0 aromatic heterocycles. The molecule has 0 N–H and O–H groups in total. The van der Waals surface area contributed by atoms with E-state index in [-0.39, 0.29) is 24.5 Å². The molecule has 19 heavy (non-hydrogen) atoms. The number of benzene rings is 1. The van der Waals surface area contributed by atoms with Gasteiger partial charge >= 0.3 is 5.97 Å². The van der Waals surface area contributed by atoms with Crippen molar-refractivity contribution in [3.63, 3.8) is 0 Å². The maximum Gasteiger partial charge on any atom is 0.338 e. The highest BCUT2D eigenvalue weighted by molar-refractivity contribution is 6.19. The fourth-order valence-electron chi connectivity index (χ4n) is 1.46. The molecule has 0 radical (unpaired) electrons. The molecule has 0 aliphatic carbocycles. The normalized spacial score (nSPS) is 22.2. The Morgan fingerprint density at radius 1 is 1.47 bits per heavy atom. The van der Waals surface area contributed by atoms with Crippen molar-refractivity contribution in [2.75, 3.05) is 13.2 Å². The molecule has 1 saturated heterocycles. The quantitative estimate of drug-likeness (QED) is 0.362. The number of nitro groups is 1. The van der Waals surface area contributed by atoms with Gasteiger partial charge in [0.1, 0.15) is 6.61 Å². The number of carbonyl (C=O) groups excluding carboxylic acids is 1. The first-order valence-corrected chi connectivity index (χ1v) is 5.82. The Morgan fingerprint density at radius 3 is 2.68 bits per heavy atom. The SMILES string of the molecule is O=C(OC[C@@H]1OC[C@@H](Cl)O1)c1ccc([N+](=O)[O-])cc1. The van der Waals surface area contributed by atoms with Crippen LogP contribution in [0.4, 0.5) is 5.69 Å². The van der Waals surface area contributed by atoms with Crippen LogP contribution < -0.4 is 0 Å². The number of hydrogen-bond donors (Lipinski definition) is 0. The Labute approximate surface area is 113 Å². The number of alkyl halides is 1. The predicted octanol–water partition coefficient (Wildman–Crippen LogP) is 1.69. The number of halogens is 1. The molecule has 1 aromatic rings. The first-order chi connectivity index (χ1) is 9.06. The molecule has 0 unspecified atom stereocenters. The second kappa shape index (κ2) is 5.96. The molecular formula is C11H10ClNO6. The van der Waals surface area contributed by atoms with E-state index in [1.165, 1.54) is 24.3 Å². The molecule has 1 aromatic carbocycles. The Kier molecular flexibility index (Phi) is 4.31. The zero-order valence-corrected chi connectivity index (χ0v) is 10.4. The van der Waals surface area contributed by atoms with E-state index in [0.29, 0.717) is 0 Å². The minimum Gasteiger partial charge on any atom is -0.457 e. The van der Waals surface area contributed by atoms with Gasteiger partial charge in [-0.25, -0.2) is 4.79 Å². The highest BCUT2D eigenvalue weighted by Crippen LogP contribution is 2.16. The van der Waals surface area contributed by atoms with Crippen LogP contribution in [-0.2, 0) is 14.2 Å². The minimum atomic E-state index is -0.676. The van der Waals surface area contributed by atoms with Crippen molar-refractivity contribution >= 4 is 23.3 Å². The van der Waals surface area contributed by atoms with Crippen LogP contribution in [0.15, 0.2) is 24.3 Å². The van der Waals surface area contributed by atoms with Gasteiger partial charge in [0.05, 0.1) is 17.1 Å². The summed E-state index contributed by atoms with van der Waals surface area (Å²) in [7, 11) is 0. The maximum absolute atomic E-state index is 11.6. The van der Waals surface area contributed by atoms with E-state index in [1.807, 2.05) is 0 Å². The van der Waals surface area contributed by atoms with E-state index in [1.54, 1.807) is 0 Å². The number of carbonyl (C=O) groups is 1. The molecule has 0 amide bonds. The molecule has 1 fully saturated rings. The van der Waals surface area contributed by atoms with Crippen LogP contribution in [0, 0.1) is 10.1 Å². The third kappa shape index (κ3) is 3.63. The molecule has 1 aliphatic heterocycles. The molecule has 7 nitrogen and oxygen atoms in total. The molecule has 2 atom stereocenters. The second-order valence-corrected chi connectivity index (χ2v) is 4.20. The van der Waals surface area contributed by atoms with Crippen LogP contribution in [0.2, 0.25) is 0 Å². The summed E-state index contributed by atoms with van der Waals surface area (Å²) in [6.07, 6.45) is -0.676. The number of nitrogens with zero attached hydrogens (tertiary/aromatic N) is 1. The summed E-state index contributed by atoms with van der Waals surface area (Å²) in [4.78, 5) is 21.5. The lowest BCUT2D eigenvalue weighted by atomic mass is 10.2. The molecule has 0 spiro atoms. The van der Waals surface area contributed by atoms with Gasteiger partial charge in [0.25, 0.3) is 5.69 Å². The summed E-state index contributed by atoms with van der Waals surface area (Å²) in [5, 5.41) is 10.5. The summed E-state index contributed by atoms with van der Waals surface area (Å²) < 4.78 is 15.1. The van der Waals surface area contributed by atoms with Gasteiger partial charge in [0, 0.05) is 12.1 Å². The van der Waals surface area contributed by atoms with Gasteiger partial charge in [-0.05, 0) is 12.1 Å². The predicted molar refractivity (Wildman–Crippen MR) is 63.8 cm³/mol. The average molecular weight is 288 g/mol. The van der Waals surface area contributed by atoms with Crippen molar-refractivity contribution in [1.29, 1.82) is 0 Å². The molecule has 1 heterocycles. The fourth-order valence-corrected chi connectivity index (χ4v) is 1.65. The first-order valence-electron chi connectivity index (χ1n) is 5.39. The summed E-state index contributed by atoms with van der Waals surface area (Å²) in [6, 6.07) is 5.10. The second-order valence-electron chi connectivity index (χ2n) is 3.71. The molecular weight excluding hydrogens is 278 g/mol. The zero-order chi connectivity index (χ0) is 13.8. The van der Waals surface area contributed by atoms with Crippen LogP contribution in [0.1, 0.15) is 10.4 Å². The molecule has 0 saturated carbocycles. The lowest BCUT2D eigenvalue weighted by Gasteiger charge is -2.09. The van der Waals surface area contributed by atoms with Crippen molar-refractivity contribution in [3.8, 4) is 0 Å². The largest absolute Gasteiger partial charge is 0.457 e. The standard InChI is InChI=1S/C11H10ClNO6/c12-9-5-17-10(19-9)6-18-11(14)7-1-3-8(4-2-7)13(15)16/h1-4,9-10H,5-6H2/t9-,10+/m0/s1. The maximum atomic E-state index is 11.6. The molecule has 2 rings (SSSR count). The number of hydrogen-bond acceptors (Lipinski definition) is 6. The lowest BCUT2D eigenvalue weighted by molar-refractivity contribution is -0.384. The van der Waals surface area contributed by atoms with Crippen LogP contribution in [-0.4, -0.2) is 36.0 Å². The van der Waals surface area contributed by atoms with Gasteiger partial charge in [-0.3, -0.25) is 10.1 Å². The van der Waals surface area contributed by atoms with Crippen molar-refractivity contribution in [1.82, 2.24) is 0 Å². The third-order valence-electron chi connectivity index (χ3n) is 2.38. The molecule has 8 heteroatoms. The van der Waals surface area contributed by atoms with E-state index < -0.39 is 22.7 Å². The Balaban J connectivity index is 1.87. The highest BCUT2D eigenvalue weighted by Gasteiger charge is 2.25. The van der Waals surface area contributed by atoms with E-state index in [4.69, 9.17) is 25.8 Å². The van der Waals surface area contributed by atoms with E-state index in [2.05, 4.69) is 0 Å². The molecule has 102 valence electrons. The summed E-state index contributed by atoms with van der Waals surface area (Å²) in [6.45, 7) is 0.153. The number of rotatable bonds is 4.